The van der Waals surface area contributed by atoms with Crippen LogP contribution in [0.15, 0.2) is 39.6 Å². The monoisotopic (exact) mass is 429 g/mol. The van der Waals surface area contributed by atoms with E-state index in [1.165, 1.54) is 31.5 Å². The molecule has 0 saturated carbocycles. The maximum Gasteiger partial charge on any atom is 0.219 e. The predicted molar refractivity (Wildman–Crippen MR) is 120 cm³/mol. The van der Waals surface area contributed by atoms with Crippen molar-refractivity contribution >= 4 is 34.9 Å². The molecular weight excluding hydrogens is 401 g/mol. The van der Waals surface area contributed by atoms with Crippen molar-refractivity contribution in [2.24, 2.45) is 21.5 Å². The number of allylic oxidation sites excluding steroid dienone is 1. The number of carbonyl (C=O) groups excluding carboxylic acids is 1. The lowest BCUT2D eigenvalue weighted by Gasteiger charge is -2.35. The molecule has 10 heteroatoms. The zero-order chi connectivity index (χ0) is 22.5. The van der Waals surface area contributed by atoms with Crippen molar-refractivity contribution in [1.82, 2.24) is 10.2 Å². The quantitative estimate of drug-likeness (QED) is 0.300. The summed E-state index contributed by atoms with van der Waals surface area (Å²) in [5, 5.41) is 3.40. The molecule has 0 radical (unpaired) electrons. The van der Waals surface area contributed by atoms with Crippen LogP contribution in [0.25, 0.3) is 5.57 Å². The highest BCUT2D eigenvalue weighted by Crippen LogP contribution is 2.29. The van der Waals surface area contributed by atoms with Gasteiger partial charge in [-0.1, -0.05) is 0 Å². The molecule has 1 fully saturated rings. The summed E-state index contributed by atoms with van der Waals surface area (Å²) in [6.07, 6.45) is 3.40. The first-order valence-electron chi connectivity index (χ1n) is 9.93. The third kappa shape index (κ3) is 5.02. The second-order valence-electron chi connectivity index (χ2n) is 7.42. The second kappa shape index (κ2) is 9.61. The minimum atomic E-state index is -0.599. The number of nitrogens with zero attached hydrogens (tertiary/aromatic N) is 3. The Morgan fingerprint density at radius 3 is 2.71 bits per heavy atom. The Bertz CT molecular complexity index is 980. The summed E-state index contributed by atoms with van der Waals surface area (Å²) in [4.78, 5) is 21.8. The lowest BCUT2D eigenvalue weighted by atomic mass is 10.0. The molecule has 1 aromatic rings. The van der Waals surface area contributed by atoms with Gasteiger partial charge in [0.15, 0.2) is 0 Å². The highest BCUT2D eigenvalue weighted by molar-refractivity contribution is 6.11. The lowest BCUT2D eigenvalue weighted by molar-refractivity contribution is -0.128. The Balaban J connectivity index is 1.96. The van der Waals surface area contributed by atoms with Crippen molar-refractivity contribution in [3.63, 3.8) is 0 Å². The molecule has 1 amide bonds. The topological polar surface area (TPSA) is 144 Å². The van der Waals surface area contributed by atoms with E-state index in [1.54, 1.807) is 11.9 Å². The molecule has 7 N–H and O–H groups in total. The van der Waals surface area contributed by atoms with Gasteiger partial charge in [0.25, 0.3) is 0 Å². The van der Waals surface area contributed by atoms with E-state index in [0.29, 0.717) is 49.4 Å². The molecule has 2 aliphatic rings. The summed E-state index contributed by atoms with van der Waals surface area (Å²) in [6, 6.07) is 2.85. The smallest absolute Gasteiger partial charge is 0.219 e. The molecule has 0 atom stereocenters. The SMILES string of the molecule is CN=CC(=CN)c1cc(F)c(N=C(N)C2=C(NC3COC3)CCN(C(C)=O)C2)cc1N. The van der Waals surface area contributed by atoms with Crippen LogP contribution in [0.2, 0.25) is 0 Å². The molecule has 0 bridgehead atoms. The van der Waals surface area contributed by atoms with E-state index in [9.17, 15) is 9.18 Å². The standard InChI is InChI=1S/C21H28FN7O2/c1-12(30)29-4-3-19(27-14-10-31-11-14)16(9-29)21(25)28-20-6-18(24)15(5-17(20)22)13(7-23)8-26-2/h5-8,14,27H,3-4,9-11,23-24H2,1-2H3,(H2,25,28). The number of ether oxygens (including phenoxy) is 1. The first kappa shape index (κ1) is 22.3. The molecule has 0 aromatic heterocycles. The Morgan fingerprint density at radius 1 is 1.39 bits per heavy atom. The third-order valence-electron chi connectivity index (χ3n) is 5.23. The van der Waals surface area contributed by atoms with Crippen molar-refractivity contribution in [3.05, 3.63) is 41.0 Å². The highest BCUT2D eigenvalue weighted by Gasteiger charge is 2.27. The number of hydrogen-bond acceptors (Lipinski definition) is 7. The number of amides is 1. The molecule has 2 heterocycles. The summed E-state index contributed by atoms with van der Waals surface area (Å²) < 4.78 is 20.0. The van der Waals surface area contributed by atoms with Gasteiger partial charge in [-0.05, 0) is 12.1 Å². The van der Waals surface area contributed by atoms with Crippen molar-refractivity contribution in [1.29, 1.82) is 0 Å². The highest BCUT2D eigenvalue weighted by atomic mass is 19.1. The summed E-state index contributed by atoms with van der Waals surface area (Å²) in [5.74, 6) is -0.531. The van der Waals surface area contributed by atoms with Crippen molar-refractivity contribution in [2.75, 3.05) is 39.1 Å². The maximum absolute atomic E-state index is 14.8. The fraction of sp³-hybridized carbons (Fsp3) is 0.381. The molecule has 3 rings (SSSR count). The van der Waals surface area contributed by atoms with E-state index < -0.39 is 5.82 Å². The molecular formula is C21H28FN7O2. The Labute approximate surface area is 180 Å². The lowest BCUT2D eigenvalue weighted by Crippen LogP contribution is -2.49. The Kier molecular flexibility index (Phi) is 6.91. The van der Waals surface area contributed by atoms with Crippen LogP contribution in [0.3, 0.4) is 0 Å². The summed E-state index contributed by atoms with van der Waals surface area (Å²) in [6.45, 7) is 3.59. The largest absolute Gasteiger partial charge is 0.404 e. The number of aliphatic imine (C=N–C) groups is 2. The van der Waals surface area contributed by atoms with Gasteiger partial charge < -0.3 is 32.2 Å². The number of nitrogen functional groups attached to an aromatic ring is 1. The van der Waals surface area contributed by atoms with E-state index in [2.05, 4.69) is 15.3 Å². The van der Waals surface area contributed by atoms with E-state index in [0.717, 1.165) is 5.70 Å². The zero-order valence-corrected chi connectivity index (χ0v) is 17.7. The average Bonchev–Trinajstić information content (AvgIpc) is 2.71. The van der Waals surface area contributed by atoms with Gasteiger partial charge in [-0.2, -0.15) is 0 Å². The summed E-state index contributed by atoms with van der Waals surface area (Å²) >= 11 is 0. The van der Waals surface area contributed by atoms with E-state index in [4.69, 9.17) is 21.9 Å². The Hall–Kier alpha value is -3.40. The van der Waals surface area contributed by atoms with E-state index in [-0.39, 0.29) is 29.2 Å². The van der Waals surface area contributed by atoms with Crippen LogP contribution < -0.4 is 22.5 Å². The van der Waals surface area contributed by atoms with Crippen molar-refractivity contribution < 1.29 is 13.9 Å². The van der Waals surface area contributed by atoms with Gasteiger partial charge in [0.2, 0.25) is 5.91 Å². The number of hydrogen-bond donors (Lipinski definition) is 4. The molecule has 0 aliphatic carbocycles. The van der Waals surface area contributed by atoms with Crippen LogP contribution in [0.1, 0.15) is 18.9 Å². The minimum Gasteiger partial charge on any atom is -0.404 e. The number of rotatable bonds is 6. The van der Waals surface area contributed by atoms with Gasteiger partial charge >= 0.3 is 0 Å². The number of amidine groups is 1. The van der Waals surface area contributed by atoms with E-state index >= 15 is 0 Å². The minimum absolute atomic E-state index is 0.00216. The van der Waals surface area contributed by atoms with Crippen LogP contribution in [0.5, 0.6) is 0 Å². The number of benzene rings is 1. The molecule has 1 aromatic carbocycles. The summed E-state index contributed by atoms with van der Waals surface area (Å²) in [7, 11) is 1.58. The van der Waals surface area contributed by atoms with Gasteiger partial charge in [-0.15, -0.1) is 0 Å². The molecule has 0 spiro atoms. The number of nitrogens with one attached hydrogen (secondary N) is 1. The van der Waals surface area contributed by atoms with Crippen molar-refractivity contribution in [3.8, 4) is 0 Å². The number of halogens is 1. The van der Waals surface area contributed by atoms with Crippen LogP contribution in [-0.2, 0) is 9.53 Å². The molecule has 31 heavy (non-hydrogen) atoms. The molecule has 1 saturated heterocycles. The van der Waals surface area contributed by atoms with Crippen LogP contribution >= 0.6 is 0 Å². The van der Waals surface area contributed by atoms with Gasteiger partial charge in [0.1, 0.15) is 17.3 Å². The number of nitrogens with two attached hydrogens (primary N) is 3. The molecule has 2 aliphatic heterocycles. The number of carbonyl (C=O) groups is 1. The van der Waals surface area contributed by atoms with Crippen LogP contribution in [0, 0.1) is 5.82 Å². The van der Waals surface area contributed by atoms with Gasteiger partial charge in [0.05, 0.1) is 25.8 Å². The van der Waals surface area contributed by atoms with Crippen LogP contribution in [0.4, 0.5) is 15.8 Å². The second-order valence-corrected chi connectivity index (χ2v) is 7.42. The predicted octanol–water partition coefficient (Wildman–Crippen LogP) is 0.892. The fourth-order valence-corrected chi connectivity index (χ4v) is 3.44. The maximum atomic E-state index is 14.8. The van der Waals surface area contributed by atoms with Crippen LogP contribution in [-0.4, -0.2) is 62.3 Å². The molecule has 166 valence electrons. The first-order valence-corrected chi connectivity index (χ1v) is 9.93. The zero-order valence-electron chi connectivity index (χ0n) is 17.7. The fourth-order valence-electron chi connectivity index (χ4n) is 3.44. The van der Waals surface area contributed by atoms with Gasteiger partial charge in [-0.25, -0.2) is 9.38 Å². The van der Waals surface area contributed by atoms with Gasteiger partial charge in [0, 0.05) is 67.4 Å². The first-order chi connectivity index (χ1) is 14.8. The molecule has 0 unspecified atom stereocenters. The van der Waals surface area contributed by atoms with Crippen molar-refractivity contribution in [2.45, 2.75) is 19.4 Å². The Morgan fingerprint density at radius 2 is 2.13 bits per heavy atom. The average molecular weight is 430 g/mol. The number of anilines is 1. The third-order valence-corrected chi connectivity index (χ3v) is 5.23. The van der Waals surface area contributed by atoms with Gasteiger partial charge in [-0.3, -0.25) is 9.79 Å². The summed E-state index contributed by atoms with van der Waals surface area (Å²) in [5.41, 5.74) is 20.7. The molecule has 9 nitrogen and oxygen atoms in total. The van der Waals surface area contributed by atoms with E-state index in [1.807, 2.05) is 0 Å². The normalized spacial score (nSPS) is 18.5.